The summed E-state index contributed by atoms with van der Waals surface area (Å²) in [7, 11) is 0. The highest BCUT2D eigenvalue weighted by atomic mass is 19.1. The highest BCUT2D eigenvalue weighted by Crippen LogP contribution is 2.41. The van der Waals surface area contributed by atoms with Gasteiger partial charge in [0.2, 0.25) is 5.91 Å². The van der Waals surface area contributed by atoms with Crippen LogP contribution in [0.5, 0.6) is 5.75 Å². The Kier molecular flexibility index (Phi) is 5.63. The molecule has 2 aromatic rings. The van der Waals surface area contributed by atoms with Gasteiger partial charge in [-0.15, -0.1) is 0 Å². The van der Waals surface area contributed by atoms with Gasteiger partial charge in [-0.3, -0.25) is 9.59 Å². The van der Waals surface area contributed by atoms with Crippen LogP contribution in [0, 0.1) is 12.7 Å². The maximum Gasteiger partial charge on any atom is 0.246 e. The molecule has 1 amide bonds. The van der Waals surface area contributed by atoms with Gasteiger partial charge >= 0.3 is 0 Å². The standard InChI is InChI=1S/C23H24FNO3/c1-5-14(3)23(27)25-12-18-10-17-8-13(2)9-20(22(17)28-18)19-11-16(15(4)26)6-7-21(19)24/h5-9,11,18H,10,12H2,1-4H3,(H,25,27)/b14-5+. The van der Waals surface area contributed by atoms with Crippen LogP contribution in [0.25, 0.3) is 11.1 Å². The molecular formula is C23H24FNO3. The first-order valence-electron chi connectivity index (χ1n) is 9.32. The predicted octanol–water partition coefficient (Wildman–Crippen LogP) is 4.39. The lowest BCUT2D eigenvalue weighted by atomic mass is 9.95. The van der Waals surface area contributed by atoms with Crippen molar-refractivity contribution < 1.29 is 18.7 Å². The predicted molar refractivity (Wildman–Crippen MR) is 107 cm³/mol. The first-order chi connectivity index (χ1) is 13.3. The number of ketones is 1. The fraction of sp³-hybridized carbons (Fsp3) is 0.304. The van der Waals surface area contributed by atoms with Crippen molar-refractivity contribution in [3.8, 4) is 16.9 Å². The average Bonchev–Trinajstić information content (AvgIpc) is 3.07. The molecule has 0 spiro atoms. The summed E-state index contributed by atoms with van der Waals surface area (Å²) in [5.41, 5.74) is 4.05. The minimum absolute atomic E-state index is 0.119. The van der Waals surface area contributed by atoms with Crippen molar-refractivity contribution >= 4 is 11.7 Å². The van der Waals surface area contributed by atoms with Crippen LogP contribution in [-0.2, 0) is 11.2 Å². The number of ether oxygens (including phenoxy) is 1. The molecule has 0 bridgehead atoms. The topological polar surface area (TPSA) is 55.4 Å². The van der Waals surface area contributed by atoms with Gasteiger partial charge in [-0.25, -0.2) is 4.39 Å². The Bertz CT molecular complexity index is 978. The van der Waals surface area contributed by atoms with Crippen molar-refractivity contribution in [1.82, 2.24) is 5.32 Å². The van der Waals surface area contributed by atoms with Crippen molar-refractivity contribution in [2.45, 2.75) is 40.2 Å². The fourth-order valence-corrected chi connectivity index (χ4v) is 3.33. The lowest BCUT2D eigenvalue weighted by molar-refractivity contribution is -0.117. The minimum atomic E-state index is -0.401. The Balaban J connectivity index is 1.90. The fourth-order valence-electron chi connectivity index (χ4n) is 3.33. The van der Waals surface area contributed by atoms with E-state index in [2.05, 4.69) is 5.32 Å². The van der Waals surface area contributed by atoms with Crippen LogP contribution in [0.15, 0.2) is 42.0 Å². The van der Waals surface area contributed by atoms with E-state index >= 15 is 0 Å². The molecule has 0 fully saturated rings. The molecule has 1 heterocycles. The van der Waals surface area contributed by atoms with E-state index in [0.29, 0.717) is 41.0 Å². The number of carbonyl (C=O) groups excluding carboxylic acids is 2. The summed E-state index contributed by atoms with van der Waals surface area (Å²) in [6, 6.07) is 8.25. The van der Waals surface area contributed by atoms with Crippen molar-refractivity contribution in [2.75, 3.05) is 6.54 Å². The van der Waals surface area contributed by atoms with Gasteiger partial charge in [-0.1, -0.05) is 12.1 Å². The second-order valence-corrected chi connectivity index (χ2v) is 7.18. The lowest BCUT2D eigenvalue weighted by Gasteiger charge is -2.15. The van der Waals surface area contributed by atoms with Gasteiger partial charge < -0.3 is 10.1 Å². The maximum atomic E-state index is 14.6. The Morgan fingerprint density at radius 2 is 1.96 bits per heavy atom. The van der Waals surface area contributed by atoms with E-state index in [4.69, 9.17) is 4.74 Å². The summed E-state index contributed by atoms with van der Waals surface area (Å²) in [5.74, 6) is -0.0286. The SMILES string of the molecule is C/C=C(\C)C(=O)NCC1Cc2cc(C)cc(-c3cc(C(C)=O)ccc3F)c2O1. The van der Waals surface area contributed by atoms with Crippen LogP contribution < -0.4 is 10.1 Å². The molecule has 1 N–H and O–H groups in total. The van der Waals surface area contributed by atoms with Crippen LogP contribution in [0.4, 0.5) is 4.39 Å². The zero-order valence-corrected chi connectivity index (χ0v) is 16.6. The molecule has 0 aliphatic carbocycles. The quantitative estimate of drug-likeness (QED) is 0.617. The summed E-state index contributed by atoms with van der Waals surface area (Å²) < 4.78 is 20.6. The first-order valence-corrected chi connectivity index (χ1v) is 9.32. The van der Waals surface area contributed by atoms with E-state index in [1.54, 1.807) is 19.1 Å². The normalized spacial score (nSPS) is 15.8. The van der Waals surface area contributed by atoms with E-state index < -0.39 is 5.82 Å². The largest absolute Gasteiger partial charge is 0.487 e. The van der Waals surface area contributed by atoms with Gasteiger partial charge in [-0.2, -0.15) is 0 Å². The molecule has 28 heavy (non-hydrogen) atoms. The zero-order chi connectivity index (χ0) is 20.4. The van der Waals surface area contributed by atoms with Crippen LogP contribution >= 0.6 is 0 Å². The Morgan fingerprint density at radius 3 is 2.64 bits per heavy atom. The van der Waals surface area contributed by atoms with E-state index in [1.165, 1.54) is 19.1 Å². The number of Topliss-reactive ketones (excluding diaryl/α,β-unsaturated/α-hetero) is 1. The highest BCUT2D eigenvalue weighted by molar-refractivity contribution is 5.95. The second-order valence-electron chi connectivity index (χ2n) is 7.18. The number of amides is 1. The molecule has 146 valence electrons. The molecular weight excluding hydrogens is 357 g/mol. The smallest absolute Gasteiger partial charge is 0.246 e. The summed E-state index contributed by atoms with van der Waals surface area (Å²) in [6.45, 7) is 7.34. The Morgan fingerprint density at radius 1 is 1.21 bits per heavy atom. The van der Waals surface area contributed by atoms with Crippen molar-refractivity contribution in [2.24, 2.45) is 0 Å². The number of benzene rings is 2. The molecule has 1 unspecified atom stereocenters. The van der Waals surface area contributed by atoms with Crippen molar-refractivity contribution in [3.05, 3.63) is 64.5 Å². The number of aryl methyl sites for hydroxylation is 1. The van der Waals surface area contributed by atoms with Crippen molar-refractivity contribution in [1.29, 1.82) is 0 Å². The Labute approximate surface area is 164 Å². The number of fused-ring (bicyclic) bond motifs is 1. The monoisotopic (exact) mass is 381 g/mol. The maximum absolute atomic E-state index is 14.6. The summed E-state index contributed by atoms with van der Waals surface area (Å²) in [5, 5.41) is 2.87. The summed E-state index contributed by atoms with van der Waals surface area (Å²) in [6.07, 6.45) is 2.17. The van der Waals surface area contributed by atoms with Gasteiger partial charge in [0.05, 0.1) is 6.54 Å². The van der Waals surface area contributed by atoms with Gasteiger partial charge in [0.1, 0.15) is 17.7 Å². The van der Waals surface area contributed by atoms with Crippen LogP contribution in [0.2, 0.25) is 0 Å². The third-order valence-corrected chi connectivity index (χ3v) is 4.99. The minimum Gasteiger partial charge on any atom is -0.487 e. The molecule has 1 aliphatic rings. The number of hydrogen-bond acceptors (Lipinski definition) is 3. The number of rotatable bonds is 5. The molecule has 1 aliphatic heterocycles. The Hall–Kier alpha value is -2.95. The zero-order valence-electron chi connectivity index (χ0n) is 16.6. The number of halogens is 1. The lowest BCUT2D eigenvalue weighted by Crippen LogP contribution is -2.34. The molecule has 2 aromatic carbocycles. The highest BCUT2D eigenvalue weighted by Gasteiger charge is 2.28. The number of hydrogen-bond donors (Lipinski definition) is 1. The average molecular weight is 381 g/mol. The second kappa shape index (κ2) is 7.97. The third-order valence-electron chi connectivity index (χ3n) is 4.99. The van der Waals surface area contributed by atoms with Crippen LogP contribution in [-0.4, -0.2) is 24.3 Å². The van der Waals surface area contributed by atoms with E-state index in [0.717, 1.165) is 11.1 Å². The van der Waals surface area contributed by atoms with Gasteiger partial charge in [0, 0.05) is 28.7 Å². The van der Waals surface area contributed by atoms with Gasteiger partial charge in [0.15, 0.2) is 5.78 Å². The van der Waals surface area contributed by atoms with E-state index in [-0.39, 0.29) is 17.8 Å². The van der Waals surface area contributed by atoms with Crippen LogP contribution in [0.1, 0.15) is 42.3 Å². The molecule has 1 atom stereocenters. The summed E-state index contributed by atoms with van der Waals surface area (Å²) >= 11 is 0. The third kappa shape index (κ3) is 3.98. The molecule has 3 rings (SSSR count). The molecule has 0 saturated carbocycles. The van der Waals surface area contributed by atoms with Gasteiger partial charge in [-0.05, 0) is 63.1 Å². The van der Waals surface area contributed by atoms with E-state index in [1.807, 2.05) is 26.0 Å². The number of nitrogens with one attached hydrogen (secondary N) is 1. The molecule has 0 saturated heterocycles. The molecule has 0 radical (unpaired) electrons. The van der Waals surface area contributed by atoms with Gasteiger partial charge in [0.25, 0.3) is 0 Å². The van der Waals surface area contributed by atoms with Crippen LogP contribution in [0.3, 0.4) is 0 Å². The number of carbonyl (C=O) groups is 2. The number of allylic oxidation sites excluding steroid dienone is 1. The molecule has 0 aromatic heterocycles. The molecule has 5 heteroatoms. The van der Waals surface area contributed by atoms with Crippen molar-refractivity contribution in [3.63, 3.8) is 0 Å². The molecule has 4 nitrogen and oxygen atoms in total. The first kappa shape index (κ1) is 19.8. The van der Waals surface area contributed by atoms with E-state index in [9.17, 15) is 14.0 Å². The summed E-state index contributed by atoms with van der Waals surface area (Å²) in [4.78, 5) is 23.7.